The van der Waals surface area contributed by atoms with E-state index >= 15 is 0 Å². The number of unbranched alkanes of at least 4 members (excludes halogenated alkanes) is 2. The second-order valence-electron chi connectivity index (χ2n) is 2.94. The highest BCUT2D eigenvalue weighted by Crippen LogP contribution is 1.98. The van der Waals surface area contributed by atoms with Gasteiger partial charge in [0.05, 0.1) is 0 Å². The summed E-state index contributed by atoms with van der Waals surface area (Å²) in [5.41, 5.74) is 0. The summed E-state index contributed by atoms with van der Waals surface area (Å²) in [5.74, 6) is 8.32. The third-order valence-electron chi connectivity index (χ3n) is 1.72. The van der Waals surface area contributed by atoms with Crippen LogP contribution in [0.1, 0.15) is 39.0 Å². The van der Waals surface area contributed by atoms with Crippen LogP contribution in [0, 0.1) is 24.2 Å². The Morgan fingerprint density at radius 3 is 2.79 bits per heavy atom. The minimum Gasteiger partial charge on any atom is -0.355 e. The van der Waals surface area contributed by atoms with Crippen LogP contribution >= 0.6 is 0 Å². The van der Waals surface area contributed by atoms with E-state index in [0.29, 0.717) is 13.0 Å². The van der Waals surface area contributed by atoms with Crippen LogP contribution in [0.2, 0.25) is 0 Å². The van der Waals surface area contributed by atoms with Gasteiger partial charge in [-0.15, -0.1) is 24.2 Å². The molecule has 0 aliphatic carbocycles. The van der Waals surface area contributed by atoms with Crippen LogP contribution in [0.5, 0.6) is 0 Å². The number of rotatable bonds is 6. The first kappa shape index (κ1) is 12.6. The van der Waals surface area contributed by atoms with E-state index in [0.717, 1.165) is 25.7 Å². The maximum absolute atomic E-state index is 11.2. The molecule has 0 fully saturated rings. The molecule has 0 rings (SSSR count). The zero-order chi connectivity index (χ0) is 10.6. The highest BCUT2D eigenvalue weighted by Gasteiger charge is 1.98. The molecule has 2 heteroatoms. The number of terminal acetylenes is 1. The standard InChI is InChI=1S/C12H17NO/c1-3-5-7-8-10-12(14)13-11-9-6-4-2/h1H,5,7-11H2,2H3,(H,13,14). The van der Waals surface area contributed by atoms with E-state index in [1.165, 1.54) is 0 Å². The van der Waals surface area contributed by atoms with Crippen molar-refractivity contribution in [2.45, 2.75) is 39.0 Å². The molecule has 0 atom stereocenters. The van der Waals surface area contributed by atoms with Gasteiger partial charge in [0.2, 0.25) is 5.91 Å². The van der Waals surface area contributed by atoms with Gasteiger partial charge in [0.1, 0.15) is 0 Å². The van der Waals surface area contributed by atoms with Crippen molar-refractivity contribution in [3.8, 4) is 24.2 Å². The van der Waals surface area contributed by atoms with Gasteiger partial charge in [0.25, 0.3) is 0 Å². The van der Waals surface area contributed by atoms with Gasteiger partial charge in [-0.25, -0.2) is 0 Å². The predicted molar refractivity (Wildman–Crippen MR) is 58.4 cm³/mol. The molecule has 0 heterocycles. The summed E-state index contributed by atoms with van der Waals surface area (Å²) in [5, 5.41) is 2.80. The van der Waals surface area contributed by atoms with Crippen molar-refractivity contribution < 1.29 is 4.79 Å². The summed E-state index contributed by atoms with van der Waals surface area (Å²) in [6.45, 7) is 2.44. The average molecular weight is 191 g/mol. The number of hydrogen-bond donors (Lipinski definition) is 1. The zero-order valence-electron chi connectivity index (χ0n) is 8.73. The molecule has 1 N–H and O–H groups in total. The first-order chi connectivity index (χ1) is 6.81. The number of hydrogen-bond acceptors (Lipinski definition) is 1. The van der Waals surface area contributed by atoms with E-state index in [2.05, 4.69) is 23.1 Å². The van der Waals surface area contributed by atoms with Crippen molar-refractivity contribution in [3.05, 3.63) is 0 Å². The maximum atomic E-state index is 11.2. The third kappa shape index (κ3) is 8.68. The summed E-state index contributed by atoms with van der Waals surface area (Å²) in [6, 6.07) is 0. The molecule has 0 saturated heterocycles. The van der Waals surface area contributed by atoms with Gasteiger partial charge >= 0.3 is 0 Å². The van der Waals surface area contributed by atoms with E-state index < -0.39 is 0 Å². The van der Waals surface area contributed by atoms with Gasteiger partial charge < -0.3 is 5.32 Å². The molecule has 14 heavy (non-hydrogen) atoms. The Bertz CT molecular complexity index is 252. The summed E-state index contributed by atoms with van der Waals surface area (Å²) in [7, 11) is 0. The van der Waals surface area contributed by atoms with Gasteiger partial charge in [-0.1, -0.05) is 0 Å². The molecule has 0 aromatic rings. The summed E-state index contributed by atoms with van der Waals surface area (Å²) < 4.78 is 0. The Labute approximate surface area is 86.5 Å². The molecule has 0 spiro atoms. The normalized spacial score (nSPS) is 8.29. The summed E-state index contributed by atoms with van der Waals surface area (Å²) in [4.78, 5) is 11.2. The van der Waals surface area contributed by atoms with Crippen molar-refractivity contribution in [2.24, 2.45) is 0 Å². The Kier molecular flexibility index (Phi) is 8.70. The molecule has 0 bridgehead atoms. The van der Waals surface area contributed by atoms with Crippen molar-refractivity contribution >= 4 is 5.91 Å². The minimum atomic E-state index is 0.0972. The summed E-state index contributed by atoms with van der Waals surface area (Å²) in [6.07, 6.45) is 8.95. The first-order valence-corrected chi connectivity index (χ1v) is 4.91. The van der Waals surface area contributed by atoms with Crippen LogP contribution in [-0.2, 0) is 4.79 Å². The van der Waals surface area contributed by atoms with Crippen LogP contribution in [0.3, 0.4) is 0 Å². The zero-order valence-corrected chi connectivity index (χ0v) is 8.73. The molecule has 0 radical (unpaired) electrons. The fourth-order valence-corrected chi connectivity index (χ4v) is 0.990. The number of carbonyl (C=O) groups excluding carboxylic acids is 1. The lowest BCUT2D eigenvalue weighted by Crippen LogP contribution is -2.23. The van der Waals surface area contributed by atoms with Crippen LogP contribution in [0.25, 0.3) is 0 Å². The lowest BCUT2D eigenvalue weighted by Gasteiger charge is -2.01. The van der Waals surface area contributed by atoms with Crippen LogP contribution in [-0.4, -0.2) is 12.5 Å². The van der Waals surface area contributed by atoms with Crippen molar-refractivity contribution in [3.63, 3.8) is 0 Å². The molecule has 0 unspecified atom stereocenters. The summed E-state index contributed by atoms with van der Waals surface area (Å²) >= 11 is 0. The van der Waals surface area contributed by atoms with Gasteiger partial charge in [0, 0.05) is 25.8 Å². The Morgan fingerprint density at radius 2 is 2.14 bits per heavy atom. The van der Waals surface area contributed by atoms with E-state index in [1.807, 2.05) is 0 Å². The average Bonchev–Trinajstić information content (AvgIpc) is 2.19. The van der Waals surface area contributed by atoms with E-state index in [1.54, 1.807) is 6.92 Å². The second kappa shape index (κ2) is 9.68. The van der Waals surface area contributed by atoms with Gasteiger partial charge in [0.15, 0.2) is 0 Å². The van der Waals surface area contributed by atoms with E-state index in [4.69, 9.17) is 6.42 Å². The molecule has 0 saturated carbocycles. The first-order valence-electron chi connectivity index (χ1n) is 4.91. The van der Waals surface area contributed by atoms with E-state index in [-0.39, 0.29) is 5.91 Å². The smallest absolute Gasteiger partial charge is 0.220 e. The lowest BCUT2D eigenvalue weighted by molar-refractivity contribution is -0.121. The van der Waals surface area contributed by atoms with Crippen molar-refractivity contribution in [1.29, 1.82) is 0 Å². The Morgan fingerprint density at radius 1 is 1.36 bits per heavy atom. The molecular formula is C12H17NO. The van der Waals surface area contributed by atoms with Crippen LogP contribution in [0.15, 0.2) is 0 Å². The van der Waals surface area contributed by atoms with Crippen molar-refractivity contribution in [1.82, 2.24) is 5.32 Å². The molecule has 2 nitrogen and oxygen atoms in total. The quantitative estimate of drug-likeness (QED) is 0.502. The largest absolute Gasteiger partial charge is 0.355 e. The Hall–Kier alpha value is -1.41. The molecule has 0 aromatic carbocycles. The third-order valence-corrected chi connectivity index (χ3v) is 1.72. The maximum Gasteiger partial charge on any atom is 0.220 e. The highest BCUT2D eigenvalue weighted by molar-refractivity contribution is 5.75. The number of amides is 1. The Balaban J connectivity index is 3.27. The molecule has 0 aromatic heterocycles. The van der Waals surface area contributed by atoms with E-state index in [9.17, 15) is 4.79 Å². The minimum absolute atomic E-state index is 0.0972. The molecule has 0 aliphatic rings. The van der Waals surface area contributed by atoms with Crippen LogP contribution < -0.4 is 5.32 Å². The number of carbonyl (C=O) groups is 1. The monoisotopic (exact) mass is 191 g/mol. The molecule has 0 aliphatic heterocycles. The molecule has 1 amide bonds. The topological polar surface area (TPSA) is 29.1 Å². The van der Waals surface area contributed by atoms with Gasteiger partial charge in [-0.3, -0.25) is 4.79 Å². The van der Waals surface area contributed by atoms with Crippen LogP contribution in [0.4, 0.5) is 0 Å². The predicted octanol–water partition coefficient (Wildman–Crippen LogP) is 1.71. The van der Waals surface area contributed by atoms with Crippen molar-refractivity contribution in [2.75, 3.05) is 6.54 Å². The highest BCUT2D eigenvalue weighted by atomic mass is 16.1. The fraction of sp³-hybridized carbons (Fsp3) is 0.583. The van der Waals surface area contributed by atoms with Gasteiger partial charge in [-0.05, 0) is 19.8 Å². The number of nitrogens with one attached hydrogen (secondary N) is 1. The second-order valence-corrected chi connectivity index (χ2v) is 2.94. The fourth-order valence-electron chi connectivity index (χ4n) is 0.990. The molecular weight excluding hydrogens is 174 g/mol. The van der Waals surface area contributed by atoms with Gasteiger partial charge in [-0.2, -0.15) is 0 Å². The SMILES string of the molecule is C#CCCCCC(=O)NCCC#CC. The molecule has 76 valence electrons. The lowest BCUT2D eigenvalue weighted by atomic mass is 10.2.